The molecule has 1 unspecified atom stereocenters. The van der Waals surface area contributed by atoms with Crippen LogP contribution in [-0.2, 0) is 0 Å². The van der Waals surface area contributed by atoms with E-state index in [1.54, 1.807) is 0 Å². The second-order valence-corrected chi connectivity index (χ2v) is 11.2. The Morgan fingerprint density at radius 2 is 0.900 bits per heavy atom. The van der Waals surface area contributed by atoms with E-state index in [0.29, 0.717) is 0 Å². The summed E-state index contributed by atoms with van der Waals surface area (Å²) in [5, 5.41) is 14.9. The first-order valence-electron chi connectivity index (χ1n) is 10.6. The number of benzene rings is 4. The zero-order chi connectivity index (χ0) is 20.7. The van der Waals surface area contributed by atoms with Crippen molar-refractivity contribution in [1.29, 1.82) is 0 Å². The molecule has 0 aliphatic rings. The zero-order valence-electron chi connectivity index (χ0n) is 17.1. The summed E-state index contributed by atoms with van der Waals surface area (Å²) in [7, 11) is -1.81. The first kappa shape index (κ1) is 20.5. The molecule has 2 heteroatoms. The van der Waals surface area contributed by atoms with E-state index in [-0.39, 0.29) is 0 Å². The molecule has 1 N–H and O–H groups in total. The Labute approximate surface area is 180 Å². The number of rotatable bonds is 8. The average molecular weight is 412 g/mol. The van der Waals surface area contributed by atoms with Gasteiger partial charge in [-0.3, -0.25) is 0 Å². The number of aliphatic hydroxyl groups excluding tert-OH is 1. The van der Waals surface area contributed by atoms with Gasteiger partial charge >= 0.3 is 0 Å². The van der Waals surface area contributed by atoms with Crippen LogP contribution in [0.3, 0.4) is 0 Å². The van der Waals surface area contributed by atoms with Gasteiger partial charge in [-0.15, -0.1) is 0 Å². The molecule has 0 aliphatic heterocycles. The fraction of sp³-hybridized carbons (Fsp3) is 0.143. The molecule has 0 bridgehead atoms. The summed E-state index contributed by atoms with van der Waals surface area (Å²) >= 11 is 0. The average Bonchev–Trinajstić information content (AvgIpc) is 2.84. The molecule has 30 heavy (non-hydrogen) atoms. The van der Waals surface area contributed by atoms with Gasteiger partial charge in [-0.1, -0.05) is 84.9 Å². The SMILES string of the molecule is OC(CCC[P+](c1ccccc1)(c1ccccc1)c1ccccc1)c1ccccc1. The van der Waals surface area contributed by atoms with E-state index in [4.69, 9.17) is 0 Å². The zero-order valence-corrected chi connectivity index (χ0v) is 18.0. The lowest BCUT2D eigenvalue weighted by molar-refractivity contribution is 0.167. The molecule has 4 aromatic rings. The van der Waals surface area contributed by atoms with E-state index in [1.165, 1.54) is 15.9 Å². The van der Waals surface area contributed by atoms with Crippen molar-refractivity contribution in [2.45, 2.75) is 18.9 Å². The second-order valence-electron chi connectivity index (χ2n) is 7.61. The van der Waals surface area contributed by atoms with Gasteiger partial charge in [-0.25, -0.2) is 0 Å². The Balaban J connectivity index is 1.71. The summed E-state index contributed by atoms with van der Waals surface area (Å²) in [6.45, 7) is 0. The number of aliphatic hydroxyl groups is 1. The van der Waals surface area contributed by atoms with E-state index in [0.717, 1.165) is 24.6 Å². The van der Waals surface area contributed by atoms with Gasteiger partial charge in [0.05, 0.1) is 12.3 Å². The van der Waals surface area contributed by atoms with Crippen LogP contribution in [-0.4, -0.2) is 11.3 Å². The summed E-state index contributed by atoms with van der Waals surface area (Å²) in [6, 6.07) is 42.8. The van der Waals surface area contributed by atoms with Gasteiger partial charge in [0.25, 0.3) is 0 Å². The maximum Gasteiger partial charge on any atom is 0.112 e. The third kappa shape index (κ3) is 4.38. The summed E-state index contributed by atoms with van der Waals surface area (Å²) < 4.78 is 0. The van der Waals surface area contributed by atoms with E-state index < -0.39 is 13.4 Å². The van der Waals surface area contributed by atoms with Gasteiger partial charge in [0.2, 0.25) is 0 Å². The second kappa shape index (κ2) is 9.85. The van der Waals surface area contributed by atoms with Crippen LogP contribution in [0.25, 0.3) is 0 Å². The Kier molecular flexibility index (Phi) is 6.74. The van der Waals surface area contributed by atoms with Crippen LogP contribution in [0.15, 0.2) is 121 Å². The Hall–Kier alpha value is -2.73. The van der Waals surface area contributed by atoms with Gasteiger partial charge < -0.3 is 5.11 Å². The minimum Gasteiger partial charge on any atom is -0.388 e. The summed E-state index contributed by atoms with van der Waals surface area (Å²) in [6.07, 6.45) is 2.34. The first-order chi connectivity index (χ1) is 14.8. The number of hydrogen-bond donors (Lipinski definition) is 1. The van der Waals surface area contributed by atoms with Crippen LogP contribution in [0, 0.1) is 0 Å². The summed E-state index contributed by atoms with van der Waals surface area (Å²) in [5.74, 6) is 0. The minimum absolute atomic E-state index is 0.421. The monoisotopic (exact) mass is 411 g/mol. The van der Waals surface area contributed by atoms with Crippen LogP contribution < -0.4 is 15.9 Å². The highest BCUT2D eigenvalue weighted by atomic mass is 31.2. The molecule has 0 heterocycles. The van der Waals surface area contributed by atoms with E-state index in [2.05, 4.69) is 91.0 Å². The number of hydrogen-bond acceptors (Lipinski definition) is 1. The van der Waals surface area contributed by atoms with Crippen LogP contribution in [0.1, 0.15) is 24.5 Å². The highest BCUT2D eigenvalue weighted by Crippen LogP contribution is 2.56. The van der Waals surface area contributed by atoms with Gasteiger partial charge in [0, 0.05) is 0 Å². The molecule has 150 valence electrons. The van der Waals surface area contributed by atoms with Crippen molar-refractivity contribution >= 4 is 23.2 Å². The molecule has 1 nitrogen and oxygen atoms in total. The normalized spacial score (nSPS) is 12.4. The van der Waals surface area contributed by atoms with Crippen LogP contribution in [0.2, 0.25) is 0 Å². The Bertz CT molecular complexity index is 921. The molecule has 0 saturated heterocycles. The van der Waals surface area contributed by atoms with Gasteiger partial charge in [-0.2, -0.15) is 0 Å². The molecule has 0 spiro atoms. The van der Waals surface area contributed by atoms with Crippen LogP contribution in [0.4, 0.5) is 0 Å². The predicted octanol–water partition coefficient (Wildman–Crippen LogP) is 5.49. The van der Waals surface area contributed by atoms with Crippen molar-refractivity contribution in [2.24, 2.45) is 0 Å². The molecule has 1 atom stereocenters. The molecule has 0 fully saturated rings. The van der Waals surface area contributed by atoms with Crippen LogP contribution in [0.5, 0.6) is 0 Å². The lowest BCUT2D eigenvalue weighted by Gasteiger charge is -2.28. The third-order valence-corrected chi connectivity index (χ3v) is 10.3. The van der Waals surface area contributed by atoms with Crippen molar-refractivity contribution in [2.75, 3.05) is 6.16 Å². The molecular formula is C28H28OP+. The van der Waals surface area contributed by atoms with Crippen molar-refractivity contribution in [3.63, 3.8) is 0 Å². The minimum atomic E-state index is -1.81. The van der Waals surface area contributed by atoms with Crippen molar-refractivity contribution < 1.29 is 5.11 Å². The van der Waals surface area contributed by atoms with Crippen molar-refractivity contribution in [3.05, 3.63) is 127 Å². The smallest absolute Gasteiger partial charge is 0.112 e. The summed E-state index contributed by atoms with van der Waals surface area (Å²) in [5.41, 5.74) is 1.00. The Morgan fingerprint density at radius 3 is 1.30 bits per heavy atom. The third-order valence-electron chi connectivity index (χ3n) is 5.75. The first-order valence-corrected chi connectivity index (χ1v) is 12.6. The molecule has 0 saturated carbocycles. The van der Waals surface area contributed by atoms with Gasteiger partial charge in [0.15, 0.2) is 0 Å². The fourth-order valence-corrected chi connectivity index (χ4v) is 8.61. The fourth-order valence-electron chi connectivity index (χ4n) is 4.25. The highest BCUT2D eigenvalue weighted by molar-refractivity contribution is 7.95. The summed E-state index contributed by atoms with van der Waals surface area (Å²) in [4.78, 5) is 0. The maximum absolute atomic E-state index is 10.7. The lowest BCUT2D eigenvalue weighted by Crippen LogP contribution is -2.33. The van der Waals surface area contributed by atoms with Crippen molar-refractivity contribution in [1.82, 2.24) is 0 Å². The molecular weight excluding hydrogens is 383 g/mol. The van der Waals surface area contributed by atoms with Crippen LogP contribution >= 0.6 is 7.26 Å². The molecule has 0 radical (unpaired) electrons. The molecule has 0 aromatic heterocycles. The van der Waals surface area contributed by atoms with E-state index in [9.17, 15) is 5.11 Å². The maximum atomic E-state index is 10.7. The highest BCUT2D eigenvalue weighted by Gasteiger charge is 2.44. The lowest BCUT2D eigenvalue weighted by atomic mass is 10.1. The topological polar surface area (TPSA) is 20.2 Å². The molecule has 4 rings (SSSR count). The standard InChI is InChI=1S/C28H28OP/c29-28(24-14-5-1-6-15-24)22-13-23-30(25-16-7-2-8-17-25,26-18-9-3-10-19-26)27-20-11-4-12-21-27/h1-12,14-21,28-29H,13,22-23H2/q+1. The molecule has 4 aromatic carbocycles. The molecule has 0 aliphatic carbocycles. The quantitative estimate of drug-likeness (QED) is 0.380. The van der Waals surface area contributed by atoms with E-state index in [1.807, 2.05) is 30.3 Å². The van der Waals surface area contributed by atoms with Gasteiger partial charge in [0.1, 0.15) is 23.2 Å². The predicted molar refractivity (Wildman–Crippen MR) is 131 cm³/mol. The largest absolute Gasteiger partial charge is 0.388 e. The van der Waals surface area contributed by atoms with Gasteiger partial charge in [-0.05, 0) is 54.8 Å². The van der Waals surface area contributed by atoms with Crippen molar-refractivity contribution in [3.8, 4) is 0 Å². The van der Waals surface area contributed by atoms with E-state index >= 15 is 0 Å². The Morgan fingerprint density at radius 1 is 0.533 bits per heavy atom. The molecule has 0 amide bonds.